The van der Waals surface area contributed by atoms with Gasteiger partial charge >= 0.3 is 0 Å². The molecule has 0 bridgehead atoms. The van der Waals surface area contributed by atoms with Crippen LogP contribution in [0.3, 0.4) is 0 Å². The minimum Gasteiger partial charge on any atom is -0.385 e. The van der Waals surface area contributed by atoms with Gasteiger partial charge in [0.15, 0.2) is 5.13 Å². The lowest BCUT2D eigenvalue weighted by Gasteiger charge is -2.15. The Labute approximate surface area is 143 Å². The van der Waals surface area contributed by atoms with Gasteiger partial charge in [0, 0.05) is 25.6 Å². The molecule has 24 heavy (non-hydrogen) atoms. The number of hydrogen-bond donors (Lipinski definition) is 1. The molecule has 1 heterocycles. The minimum absolute atomic E-state index is 0.166. The van der Waals surface area contributed by atoms with E-state index >= 15 is 0 Å². The summed E-state index contributed by atoms with van der Waals surface area (Å²) in [5.74, 6) is -1.60. The van der Waals surface area contributed by atoms with Gasteiger partial charge < -0.3 is 10.1 Å². The van der Waals surface area contributed by atoms with E-state index in [4.69, 9.17) is 4.74 Å². The molecule has 130 valence electrons. The van der Waals surface area contributed by atoms with E-state index in [1.807, 2.05) is 11.9 Å². The molecule has 0 saturated heterocycles. The summed E-state index contributed by atoms with van der Waals surface area (Å²) < 4.78 is 32.5. The summed E-state index contributed by atoms with van der Waals surface area (Å²) in [5.41, 5.74) is -0.0229. The van der Waals surface area contributed by atoms with E-state index in [2.05, 4.69) is 10.3 Å². The number of carbonyl (C=O) groups is 1. The topological polar surface area (TPSA) is 54.5 Å². The molecule has 0 radical (unpaired) electrons. The molecule has 1 N–H and O–H groups in total. The Morgan fingerprint density at radius 3 is 2.75 bits per heavy atom. The van der Waals surface area contributed by atoms with Crippen LogP contribution in [0.25, 0.3) is 11.3 Å². The number of aromatic nitrogens is 1. The summed E-state index contributed by atoms with van der Waals surface area (Å²) in [6, 6.07) is 3.64. The molecule has 8 heteroatoms. The predicted octanol–water partition coefficient (Wildman–Crippen LogP) is 3.00. The first kappa shape index (κ1) is 18.4. The number of methoxy groups -OCH3 is 1. The van der Waals surface area contributed by atoms with E-state index < -0.39 is 11.6 Å². The second-order valence-corrected chi connectivity index (χ2v) is 6.12. The van der Waals surface area contributed by atoms with E-state index in [0.29, 0.717) is 11.7 Å². The number of anilines is 1. The van der Waals surface area contributed by atoms with Gasteiger partial charge in [-0.05, 0) is 25.6 Å². The molecule has 0 atom stereocenters. The van der Waals surface area contributed by atoms with Gasteiger partial charge in [-0.2, -0.15) is 0 Å². The zero-order chi connectivity index (χ0) is 17.5. The van der Waals surface area contributed by atoms with Gasteiger partial charge in [-0.1, -0.05) is 6.07 Å². The quantitative estimate of drug-likeness (QED) is 0.740. The molecule has 0 saturated carbocycles. The molecule has 0 unspecified atom stereocenters. The summed E-state index contributed by atoms with van der Waals surface area (Å²) in [4.78, 5) is 17.9. The first-order valence-electron chi connectivity index (χ1n) is 7.38. The van der Waals surface area contributed by atoms with Crippen molar-refractivity contribution < 1.29 is 18.3 Å². The highest BCUT2D eigenvalue weighted by Gasteiger charge is 2.15. The number of ether oxygens (including phenoxy) is 1. The first-order chi connectivity index (χ1) is 11.5. The molecular formula is C16H19F2N3O2S. The molecule has 1 aromatic carbocycles. The Hall–Kier alpha value is -1.90. The number of likely N-dealkylation sites (N-methyl/N-ethyl adjacent to an activating group) is 1. The molecule has 2 aromatic rings. The number of rotatable bonds is 8. The second-order valence-electron chi connectivity index (χ2n) is 5.27. The summed E-state index contributed by atoms with van der Waals surface area (Å²) in [7, 11) is 3.46. The van der Waals surface area contributed by atoms with Crippen molar-refractivity contribution in [2.75, 3.05) is 39.2 Å². The molecule has 0 aliphatic rings. The smallest absolute Gasteiger partial charge is 0.240 e. The lowest BCUT2D eigenvalue weighted by Crippen LogP contribution is -2.31. The Balaban J connectivity index is 1.95. The van der Waals surface area contributed by atoms with Gasteiger partial charge in [0.05, 0.1) is 17.8 Å². The number of nitrogens with one attached hydrogen (secondary N) is 1. The zero-order valence-corrected chi connectivity index (χ0v) is 14.3. The van der Waals surface area contributed by atoms with Gasteiger partial charge in [-0.3, -0.25) is 9.69 Å². The van der Waals surface area contributed by atoms with Crippen molar-refractivity contribution in [2.45, 2.75) is 6.42 Å². The zero-order valence-electron chi connectivity index (χ0n) is 13.5. The molecule has 1 amide bonds. The highest BCUT2D eigenvalue weighted by atomic mass is 32.1. The van der Waals surface area contributed by atoms with Gasteiger partial charge in [0.1, 0.15) is 11.6 Å². The van der Waals surface area contributed by atoms with Crippen LogP contribution in [0.5, 0.6) is 0 Å². The molecule has 2 rings (SSSR count). The van der Waals surface area contributed by atoms with Crippen LogP contribution >= 0.6 is 11.3 Å². The van der Waals surface area contributed by atoms with Crippen LogP contribution in [0.1, 0.15) is 6.42 Å². The van der Waals surface area contributed by atoms with E-state index in [1.54, 1.807) is 7.11 Å². The average molecular weight is 355 g/mol. The third kappa shape index (κ3) is 5.05. The Kier molecular flexibility index (Phi) is 6.77. The van der Waals surface area contributed by atoms with Crippen LogP contribution in [0.15, 0.2) is 23.6 Å². The number of carbonyl (C=O) groups excluding carboxylic acids is 1. The number of nitrogens with zero attached hydrogens (tertiary/aromatic N) is 2. The maximum absolute atomic E-state index is 13.7. The Bertz CT molecular complexity index is 673. The lowest BCUT2D eigenvalue weighted by molar-refractivity contribution is -0.117. The maximum atomic E-state index is 13.7. The number of halogens is 2. The predicted molar refractivity (Wildman–Crippen MR) is 90.1 cm³/mol. The molecule has 0 fully saturated rings. The SMILES string of the molecule is COCCCN(C)CC(=O)Nc1nc(-c2c(F)cccc2F)cs1. The summed E-state index contributed by atoms with van der Waals surface area (Å²) in [6.07, 6.45) is 0.828. The van der Waals surface area contributed by atoms with Crippen molar-refractivity contribution in [1.82, 2.24) is 9.88 Å². The van der Waals surface area contributed by atoms with E-state index in [1.165, 1.54) is 23.6 Å². The van der Waals surface area contributed by atoms with Crippen molar-refractivity contribution in [1.29, 1.82) is 0 Å². The normalized spacial score (nSPS) is 11.0. The fraction of sp³-hybridized carbons (Fsp3) is 0.375. The molecule has 0 aliphatic carbocycles. The van der Waals surface area contributed by atoms with Crippen LogP contribution in [-0.2, 0) is 9.53 Å². The van der Waals surface area contributed by atoms with Crippen LogP contribution in [0.4, 0.5) is 13.9 Å². The summed E-state index contributed by atoms with van der Waals surface area (Å²) >= 11 is 1.12. The average Bonchev–Trinajstić information content (AvgIpc) is 2.95. The summed E-state index contributed by atoms with van der Waals surface area (Å²) in [6.45, 7) is 1.56. The summed E-state index contributed by atoms with van der Waals surface area (Å²) in [5, 5.41) is 4.46. The van der Waals surface area contributed by atoms with Crippen molar-refractivity contribution in [3.63, 3.8) is 0 Å². The minimum atomic E-state index is -0.684. The van der Waals surface area contributed by atoms with Crippen molar-refractivity contribution in [3.8, 4) is 11.3 Å². The van der Waals surface area contributed by atoms with Crippen molar-refractivity contribution in [2.24, 2.45) is 0 Å². The highest BCUT2D eigenvalue weighted by molar-refractivity contribution is 7.14. The van der Waals surface area contributed by atoms with Crippen LogP contribution in [-0.4, -0.2) is 49.6 Å². The first-order valence-corrected chi connectivity index (χ1v) is 8.26. The highest BCUT2D eigenvalue weighted by Crippen LogP contribution is 2.29. The lowest BCUT2D eigenvalue weighted by atomic mass is 10.1. The molecule has 0 aliphatic heterocycles. The number of amides is 1. The van der Waals surface area contributed by atoms with Crippen molar-refractivity contribution >= 4 is 22.4 Å². The van der Waals surface area contributed by atoms with Gasteiger partial charge in [-0.15, -0.1) is 11.3 Å². The number of benzene rings is 1. The molecule has 1 aromatic heterocycles. The molecular weight excluding hydrogens is 336 g/mol. The number of thiazole rings is 1. The molecule has 5 nitrogen and oxygen atoms in total. The maximum Gasteiger partial charge on any atom is 0.240 e. The largest absolute Gasteiger partial charge is 0.385 e. The fourth-order valence-electron chi connectivity index (χ4n) is 2.15. The van der Waals surface area contributed by atoms with E-state index in [9.17, 15) is 13.6 Å². The number of hydrogen-bond acceptors (Lipinski definition) is 5. The van der Waals surface area contributed by atoms with Gasteiger partial charge in [0.25, 0.3) is 0 Å². The van der Waals surface area contributed by atoms with Gasteiger partial charge in [-0.25, -0.2) is 13.8 Å². The van der Waals surface area contributed by atoms with Crippen LogP contribution < -0.4 is 5.32 Å². The van der Waals surface area contributed by atoms with E-state index in [0.717, 1.165) is 24.3 Å². The molecule has 0 spiro atoms. The van der Waals surface area contributed by atoms with Crippen molar-refractivity contribution in [3.05, 3.63) is 35.2 Å². The standard InChI is InChI=1S/C16H19F2N3O2S/c1-21(7-4-8-23-2)9-14(22)20-16-19-13(10-24-16)15-11(17)5-3-6-12(15)18/h3,5-6,10H,4,7-9H2,1-2H3,(H,19,20,22). The Morgan fingerprint density at radius 1 is 1.38 bits per heavy atom. The van der Waals surface area contributed by atoms with E-state index in [-0.39, 0.29) is 23.7 Å². The second kappa shape index (κ2) is 8.81. The monoisotopic (exact) mass is 355 g/mol. The fourth-order valence-corrected chi connectivity index (χ4v) is 2.87. The van der Waals surface area contributed by atoms with Crippen LogP contribution in [0, 0.1) is 11.6 Å². The third-order valence-electron chi connectivity index (χ3n) is 3.27. The Morgan fingerprint density at radius 2 is 2.08 bits per heavy atom. The third-order valence-corrected chi connectivity index (χ3v) is 4.03. The van der Waals surface area contributed by atoms with Crippen LogP contribution in [0.2, 0.25) is 0 Å². The van der Waals surface area contributed by atoms with Gasteiger partial charge in [0.2, 0.25) is 5.91 Å².